The SMILES string of the molecule is C#CCOc1c(C=Nn2c(CCC)nc3ccc(Br)cc3c2=O)cccc1[N+](=O)[O-]. The van der Waals surface area contributed by atoms with Crippen molar-refractivity contribution in [2.24, 2.45) is 5.10 Å². The zero-order valence-electron chi connectivity index (χ0n) is 16.0. The van der Waals surface area contributed by atoms with Crippen LogP contribution in [0.5, 0.6) is 5.75 Å². The highest BCUT2D eigenvalue weighted by Gasteiger charge is 2.18. The van der Waals surface area contributed by atoms with Gasteiger partial charge in [0.2, 0.25) is 5.75 Å². The molecular weight excluding hydrogens is 452 g/mol. The zero-order chi connectivity index (χ0) is 21.7. The Morgan fingerprint density at radius 2 is 2.20 bits per heavy atom. The highest BCUT2D eigenvalue weighted by molar-refractivity contribution is 9.10. The van der Waals surface area contributed by atoms with Crippen LogP contribution in [0.25, 0.3) is 10.9 Å². The Kier molecular flexibility index (Phi) is 6.59. The molecule has 1 aromatic heterocycles. The van der Waals surface area contributed by atoms with E-state index >= 15 is 0 Å². The van der Waals surface area contributed by atoms with Gasteiger partial charge in [-0.1, -0.05) is 34.8 Å². The van der Waals surface area contributed by atoms with Gasteiger partial charge in [0, 0.05) is 22.5 Å². The summed E-state index contributed by atoms with van der Waals surface area (Å²) in [7, 11) is 0. The maximum absolute atomic E-state index is 13.1. The number of halogens is 1. The quantitative estimate of drug-likeness (QED) is 0.226. The van der Waals surface area contributed by atoms with Crippen LogP contribution < -0.4 is 10.3 Å². The van der Waals surface area contributed by atoms with Crippen LogP contribution in [0.1, 0.15) is 24.7 Å². The second-order valence-electron chi connectivity index (χ2n) is 6.25. The summed E-state index contributed by atoms with van der Waals surface area (Å²) in [4.78, 5) is 28.4. The number of benzene rings is 2. The summed E-state index contributed by atoms with van der Waals surface area (Å²) >= 11 is 3.36. The number of nitro groups is 1. The lowest BCUT2D eigenvalue weighted by Gasteiger charge is -2.10. The van der Waals surface area contributed by atoms with Crippen LogP contribution in [0, 0.1) is 22.5 Å². The molecule has 152 valence electrons. The molecule has 9 heteroatoms. The molecule has 8 nitrogen and oxygen atoms in total. The Balaban J connectivity index is 2.16. The van der Waals surface area contributed by atoms with E-state index < -0.39 is 4.92 Å². The number of terminal acetylenes is 1. The smallest absolute Gasteiger partial charge is 0.311 e. The number of para-hydroxylation sites is 1. The molecule has 0 saturated carbocycles. The summed E-state index contributed by atoms with van der Waals surface area (Å²) in [6.45, 7) is 1.83. The molecule has 0 unspecified atom stereocenters. The van der Waals surface area contributed by atoms with Gasteiger partial charge in [-0.05, 0) is 30.7 Å². The van der Waals surface area contributed by atoms with Gasteiger partial charge in [-0.25, -0.2) is 4.98 Å². The molecule has 0 aliphatic carbocycles. The molecule has 0 aliphatic rings. The second kappa shape index (κ2) is 9.33. The molecule has 3 aromatic rings. The Bertz CT molecular complexity index is 1240. The average Bonchev–Trinajstić information content (AvgIpc) is 2.73. The third kappa shape index (κ3) is 4.39. The fraction of sp³-hybridized carbons (Fsp3) is 0.190. The molecule has 0 fully saturated rings. The summed E-state index contributed by atoms with van der Waals surface area (Å²) in [5.41, 5.74) is 0.322. The van der Waals surface area contributed by atoms with Crippen molar-refractivity contribution >= 4 is 38.7 Å². The lowest BCUT2D eigenvalue weighted by Crippen LogP contribution is -2.22. The number of fused-ring (bicyclic) bond motifs is 1. The van der Waals surface area contributed by atoms with Gasteiger partial charge in [-0.2, -0.15) is 9.78 Å². The van der Waals surface area contributed by atoms with E-state index in [4.69, 9.17) is 11.2 Å². The number of aromatic nitrogens is 2. The highest BCUT2D eigenvalue weighted by atomic mass is 79.9. The minimum Gasteiger partial charge on any atom is -0.473 e. The molecule has 0 aliphatic heterocycles. The molecule has 0 saturated heterocycles. The van der Waals surface area contributed by atoms with E-state index in [1.165, 1.54) is 23.0 Å². The first-order chi connectivity index (χ1) is 14.5. The number of hydrogen-bond acceptors (Lipinski definition) is 6. The average molecular weight is 469 g/mol. The molecule has 30 heavy (non-hydrogen) atoms. The number of rotatable bonds is 7. The van der Waals surface area contributed by atoms with Crippen molar-refractivity contribution in [2.45, 2.75) is 19.8 Å². The van der Waals surface area contributed by atoms with Crippen LogP contribution in [-0.2, 0) is 6.42 Å². The van der Waals surface area contributed by atoms with Crippen LogP contribution >= 0.6 is 15.9 Å². The first kappa shape index (κ1) is 21.2. The molecule has 0 atom stereocenters. The van der Waals surface area contributed by atoms with Gasteiger partial charge in [0.15, 0.2) is 0 Å². The molecule has 0 N–H and O–H groups in total. The van der Waals surface area contributed by atoms with E-state index in [2.05, 4.69) is 31.9 Å². The normalized spacial score (nSPS) is 11.0. The van der Waals surface area contributed by atoms with Crippen molar-refractivity contribution in [1.82, 2.24) is 9.66 Å². The first-order valence-electron chi connectivity index (χ1n) is 9.05. The van der Waals surface area contributed by atoms with Gasteiger partial charge >= 0.3 is 5.69 Å². The zero-order valence-corrected chi connectivity index (χ0v) is 17.6. The third-order valence-corrected chi connectivity index (χ3v) is 4.68. The molecule has 0 spiro atoms. The standard InChI is InChI=1S/C21H17BrN4O4/c1-3-6-19-24-17-10-9-15(22)12-16(17)21(27)25(19)23-13-14-7-5-8-18(26(28)29)20(14)30-11-4-2/h2,5,7-10,12-13H,3,6,11H2,1H3. The fourth-order valence-electron chi connectivity index (χ4n) is 2.88. The molecule has 1 heterocycles. The van der Waals surface area contributed by atoms with Crippen LogP contribution in [0.15, 0.2) is 50.8 Å². The number of ether oxygens (including phenoxy) is 1. The summed E-state index contributed by atoms with van der Waals surface area (Å²) in [6, 6.07) is 9.68. The van der Waals surface area contributed by atoms with Gasteiger partial charge in [0.1, 0.15) is 12.4 Å². The van der Waals surface area contributed by atoms with Crippen molar-refractivity contribution in [2.75, 3.05) is 6.61 Å². The predicted molar refractivity (Wildman–Crippen MR) is 118 cm³/mol. The molecule has 3 rings (SSSR count). The molecular formula is C21H17BrN4O4. The number of aryl methyl sites for hydroxylation is 1. The Labute approximate surface area is 180 Å². The molecule has 0 bridgehead atoms. The lowest BCUT2D eigenvalue weighted by molar-refractivity contribution is -0.385. The summed E-state index contributed by atoms with van der Waals surface area (Å²) in [5, 5.41) is 16.0. The van der Waals surface area contributed by atoms with E-state index in [-0.39, 0.29) is 23.6 Å². The van der Waals surface area contributed by atoms with Crippen molar-refractivity contribution in [3.63, 3.8) is 0 Å². The minimum absolute atomic E-state index is 0.00853. The van der Waals surface area contributed by atoms with E-state index in [9.17, 15) is 14.9 Å². The van der Waals surface area contributed by atoms with Crippen molar-refractivity contribution in [3.05, 3.63) is 72.7 Å². The number of nitro benzene ring substituents is 1. The molecule has 0 radical (unpaired) electrons. The van der Waals surface area contributed by atoms with Crippen molar-refractivity contribution in [3.8, 4) is 18.1 Å². The Morgan fingerprint density at radius 3 is 2.90 bits per heavy atom. The van der Waals surface area contributed by atoms with E-state index in [1.807, 2.05) is 13.0 Å². The van der Waals surface area contributed by atoms with Crippen LogP contribution in [0.4, 0.5) is 5.69 Å². The van der Waals surface area contributed by atoms with E-state index in [0.29, 0.717) is 28.7 Å². The van der Waals surface area contributed by atoms with Gasteiger partial charge in [0.05, 0.1) is 22.0 Å². The Hall–Kier alpha value is -3.51. The molecule has 0 amide bonds. The summed E-state index contributed by atoms with van der Waals surface area (Å²) < 4.78 is 7.34. The maximum Gasteiger partial charge on any atom is 0.311 e. The van der Waals surface area contributed by atoms with Crippen molar-refractivity contribution in [1.29, 1.82) is 0 Å². The Morgan fingerprint density at radius 1 is 1.40 bits per heavy atom. The number of hydrogen-bond donors (Lipinski definition) is 0. The number of nitrogens with zero attached hydrogens (tertiary/aromatic N) is 4. The first-order valence-corrected chi connectivity index (χ1v) is 9.84. The predicted octanol–water partition coefficient (Wildman–Crippen LogP) is 3.91. The summed E-state index contributed by atoms with van der Waals surface area (Å²) in [6.07, 6.45) is 7.85. The van der Waals surface area contributed by atoms with Crippen molar-refractivity contribution < 1.29 is 9.66 Å². The topological polar surface area (TPSA) is 99.6 Å². The third-order valence-electron chi connectivity index (χ3n) is 4.18. The monoisotopic (exact) mass is 468 g/mol. The summed E-state index contributed by atoms with van der Waals surface area (Å²) in [5.74, 6) is 2.77. The highest BCUT2D eigenvalue weighted by Crippen LogP contribution is 2.30. The molecule has 2 aromatic carbocycles. The minimum atomic E-state index is -0.563. The van der Waals surface area contributed by atoms with Gasteiger partial charge in [0.25, 0.3) is 5.56 Å². The van der Waals surface area contributed by atoms with Gasteiger partial charge in [-0.15, -0.1) is 6.42 Å². The van der Waals surface area contributed by atoms with Crippen LogP contribution in [-0.4, -0.2) is 27.4 Å². The largest absolute Gasteiger partial charge is 0.473 e. The van der Waals surface area contributed by atoms with Crippen LogP contribution in [0.2, 0.25) is 0 Å². The fourth-order valence-corrected chi connectivity index (χ4v) is 3.24. The van der Waals surface area contributed by atoms with E-state index in [1.54, 1.807) is 18.2 Å². The lowest BCUT2D eigenvalue weighted by atomic mass is 10.2. The second-order valence-corrected chi connectivity index (χ2v) is 7.16. The van der Waals surface area contributed by atoms with Gasteiger partial charge < -0.3 is 4.74 Å². The maximum atomic E-state index is 13.1. The van der Waals surface area contributed by atoms with E-state index in [0.717, 1.165) is 10.9 Å². The van der Waals surface area contributed by atoms with Gasteiger partial charge in [-0.3, -0.25) is 14.9 Å². The van der Waals surface area contributed by atoms with Crippen LogP contribution in [0.3, 0.4) is 0 Å².